The second-order valence-corrected chi connectivity index (χ2v) is 7.39. The first-order chi connectivity index (χ1) is 15.2. The molecule has 1 aliphatic heterocycles. The number of nitrogen functional groups attached to an aromatic ring is 1. The number of morpholine rings is 1. The van der Waals surface area contributed by atoms with Crippen molar-refractivity contribution in [2.45, 2.75) is 0 Å². The van der Waals surface area contributed by atoms with Crippen LogP contribution in [0.2, 0.25) is 0 Å². The van der Waals surface area contributed by atoms with E-state index in [4.69, 9.17) is 15.2 Å². The lowest BCUT2D eigenvalue weighted by Crippen LogP contribution is -2.36. The van der Waals surface area contributed by atoms with Crippen molar-refractivity contribution in [3.63, 3.8) is 0 Å². The Labute approximate surface area is 180 Å². The third kappa shape index (κ3) is 3.75. The van der Waals surface area contributed by atoms with Crippen LogP contribution in [0.5, 0.6) is 5.75 Å². The Morgan fingerprint density at radius 1 is 0.968 bits per heavy atom. The van der Waals surface area contributed by atoms with E-state index in [0.717, 1.165) is 71.0 Å². The highest BCUT2D eigenvalue weighted by atomic mass is 16.5. The molecule has 3 heterocycles. The van der Waals surface area contributed by atoms with Gasteiger partial charge < -0.3 is 20.1 Å². The van der Waals surface area contributed by atoms with Crippen LogP contribution in [0.1, 0.15) is 0 Å². The van der Waals surface area contributed by atoms with Crippen LogP contribution in [0.15, 0.2) is 60.9 Å². The Kier molecular flexibility index (Phi) is 5.09. The van der Waals surface area contributed by atoms with E-state index in [2.05, 4.69) is 38.1 Å². The van der Waals surface area contributed by atoms with E-state index >= 15 is 0 Å². The van der Waals surface area contributed by atoms with Gasteiger partial charge in [0.05, 0.1) is 37.2 Å². The number of nitrogens with zero attached hydrogens (tertiary/aromatic N) is 4. The van der Waals surface area contributed by atoms with Gasteiger partial charge in [-0.25, -0.2) is 9.97 Å². The van der Waals surface area contributed by atoms with Crippen molar-refractivity contribution in [1.82, 2.24) is 15.0 Å². The summed E-state index contributed by atoms with van der Waals surface area (Å²) < 4.78 is 11.2. The number of anilines is 2. The molecule has 2 aromatic heterocycles. The predicted molar refractivity (Wildman–Crippen MR) is 122 cm³/mol. The van der Waals surface area contributed by atoms with Crippen LogP contribution >= 0.6 is 0 Å². The molecule has 1 saturated heterocycles. The maximum atomic E-state index is 5.95. The highest BCUT2D eigenvalue weighted by Gasteiger charge is 2.18. The van der Waals surface area contributed by atoms with Gasteiger partial charge in [0.15, 0.2) is 0 Å². The molecule has 1 fully saturated rings. The number of fused-ring (bicyclic) bond motifs is 1. The molecule has 0 unspecified atom stereocenters. The molecule has 5 rings (SSSR count). The minimum atomic E-state index is 0.226. The number of para-hydroxylation sites is 1. The third-order valence-corrected chi connectivity index (χ3v) is 5.51. The maximum absolute atomic E-state index is 5.95. The summed E-state index contributed by atoms with van der Waals surface area (Å²) in [6, 6.07) is 16.3. The Bertz CT molecular complexity index is 1240. The van der Waals surface area contributed by atoms with E-state index in [-0.39, 0.29) is 5.95 Å². The molecule has 0 aliphatic carbocycles. The lowest BCUT2D eigenvalue weighted by atomic mass is 10.00. The quantitative estimate of drug-likeness (QED) is 0.545. The van der Waals surface area contributed by atoms with Crippen molar-refractivity contribution in [2.24, 2.45) is 0 Å². The molecule has 31 heavy (non-hydrogen) atoms. The van der Waals surface area contributed by atoms with Gasteiger partial charge in [0, 0.05) is 42.0 Å². The number of benzene rings is 2. The zero-order chi connectivity index (χ0) is 21.2. The van der Waals surface area contributed by atoms with Crippen LogP contribution in [0, 0.1) is 0 Å². The summed E-state index contributed by atoms with van der Waals surface area (Å²) in [5.74, 6) is 1.03. The highest BCUT2D eigenvalue weighted by Crippen LogP contribution is 2.37. The van der Waals surface area contributed by atoms with Crippen LogP contribution in [0.3, 0.4) is 0 Å². The van der Waals surface area contributed by atoms with Gasteiger partial charge >= 0.3 is 0 Å². The fourth-order valence-corrected chi connectivity index (χ4v) is 3.94. The van der Waals surface area contributed by atoms with Crippen molar-refractivity contribution < 1.29 is 9.47 Å². The van der Waals surface area contributed by atoms with Gasteiger partial charge in [0.25, 0.3) is 0 Å². The fraction of sp³-hybridized carbons (Fsp3) is 0.208. The Morgan fingerprint density at radius 2 is 1.81 bits per heavy atom. The largest absolute Gasteiger partial charge is 0.495 e. The van der Waals surface area contributed by atoms with Crippen molar-refractivity contribution in [2.75, 3.05) is 44.0 Å². The lowest BCUT2D eigenvalue weighted by Gasteiger charge is -2.30. The van der Waals surface area contributed by atoms with E-state index in [1.165, 1.54) is 0 Å². The lowest BCUT2D eigenvalue weighted by molar-refractivity contribution is 0.122. The van der Waals surface area contributed by atoms with Gasteiger partial charge in [-0.05, 0) is 29.8 Å². The Hall–Kier alpha value is -3.71. The third-order valence-electron chi connectivity index (χ3n) is 5.51. The molecule has 1 aliphatic rings. The number of pyridine rings is 1. The SMILES string of the molecule is COc1cc(-c2cnc(N)nc2-c2cnc3ccccc3c2)ccc1N1CCOCC1. The highest BCUT2D eigenvalue weighted by molar-refractivity contribution is 5.88. The first kappa shape index (κ1) is 19.3. The van der Waals surface area contributed by atoms with Crippen LogP contribution in [0.25, 0.3) is 33.3 Å². The standard InChI is InChI=1S/C24H23N5O2/c1-30-22-13-16(6-7-21(22)29-8-10-31-11-9-29)19-15-27-24(25)28-23(19)18-12-17-4-2-3-5-20(17)26-14-18/h2-7,12-15H,8-11H2,1H3,(H2,25,27,28). The fourth-order valence-electron chi connectivity index (χ4n) is 3.94. The number of hydrogen-bond acceptors (Lipinski definition) is 7. The van der Waals surface area contributed by atoms with Crippen molar-refractivity contribution in [3.05, 3.63) is 60.9 Å². The van der Waals surface area contributed by atoms with E-state index in [9.17, 15) is 0 Å². The predicted octanol–water partition coefficient (Wildman–Crippen LogP) is 3.79. The van der Waals surface area contributed by atoms with E-state index in [0.29, 0.717) is 0 Å². The molecule has 0 bridgehead atoms. The summed E-state index contributed by atoms with van der Waals surface area (Å²) in [4.78, 5) is 15.7. The maximum Gasteiger partial charge on any atom is 0.220 e. The molecule has 0 atom stereocenters. The number of nitrogens with two attached hydrogens (primary N) is 1. The average molecular weight is 413 g/mol. The minimum absolute atomic E-state index is 0.226. The molecule has 4 aromatic rings. The molecule has 0 radical (unpaired) electrons. The second kappa shape index (κ2) is 8.20. The molecule has 7 heteroatoms. The molecule has 0 amide bonds. The van der Waals surface area contributed by atoms with Crippen LogP contribution in [-0.2, 0) is 4.74 Å². The van der Waals surface area contributed by atoms with Crippen molar-refractivity contribution in [3.8, 4) is 28.1 Å². The summed E-state index contributed by atoms with van der Waals surface area (Å²) in [7, 11) is 1.69. The molecule has 0 spiro atoms. The topological polar surface area (TPSA) is 86.4 Å². The zero-order valence-electron chi connectivity index (χ0n) is 17.3. The summed E-state index contributed by atoms with van der Waals surface area (Å²) in [5.41, 5.74) is 11.4. The summed E-state index contributed by atoms with van der Waals surface area (Å²) in [6.07, 6.45) is 3.59. The van der Waals surface area contributed by atoms with Crippen LogP contribution < -0.4 is 15.4 Å². The summed E-state index contributed by atoms with van der Waals surface area (Å²) in [5, 5.41) is 1.04. The van der Waals surface area contributed by atoms with Gasteiger partial charge in [-0.3, -0.25) is 4.98 Å². The number of ether oxygens (including phenoxy) is 2. The van der Waals surface area contributed by atoms with Crippen LogP contribution in [-0.4, -0.2) is 48.4 Å². The monoisotopic (exact) mass is 413 g/mol. The minimum Gasteiger partial charge on any atom is -0.495 e. The average Bonchev–Trinajstić information content (AvgIpc) is 2.84. The second-order valence-electron chi connectivity index (χ2n) is 7.39. The first-order valence-electron chi connectivity index (χ1n) is 10.2. The zero-order valence-corrected chi connectivity index (χ0v) is 17.3. The smallest absolute Gasteiger partial charge is 0.220 e. The van der Waals surface area contributed by atoms with Crippen molar-refractivity contribution >= 4 is 22.5 Å². The molecule has 156 valence electrons. The van der Waals surface area contributed by atoms with E-state index in [1.54, 1.807) is 13.3 Å². The molecule has 0 saturated carbocycles. The number of aromatic nitrogens is 3. The summed E-state index contributed by atoms with van der Waals surface area (Å²) >= 11 is 0. The van der Waals surface area contributed by atoms with Gasteiger partial charge in [0.2, 0.25) is 5.95 Å². The first-order valence-corrected chi connectivity index (χ1v) is 10.2. The number of hydrogen-bond donors (Lipinski definition) is 1. The Morgan fingerprint density at radius 3 is 2.65 bits per heavy atom. The molecule has 2 N–H and O–H groups in total. The van der Waals surface area contributed by atoms with E-state index < -0.39 is 0 Å². The van der Waals surface area contributed by atoms with Crippen molar-refractivity contribution in [1.29, 1.82) is 0 Å². The van der Waals surface area contributed by atoms with E-state index in [1.807, 2.05) is 36.5 Å². The molecule has 2 aromatic carbocycles. The summed E-state index contributed by atoms with van der Waals surface area (Å²) in [6.45, 7) is 3.12. The number of methoxy groups -OCH3 is 1. The van der Waals surface area contributed by atoms with Gasteiger partial charge in [-0.2, -0.15) is 0 Å². The Balaban J connectivity index is 1.60. The molecule has 7 nitrogen and oxygen atoms in total. The normalized spacial score (nSPS) is 14.0. The molecular formula is C24H23N5O2. The number of rotatable bonds is 4. The van der Waals surface area contributed by atoms with Gasteiger partial charge in [0.1, 0.15) is 5.75 Å². The molecular weight excluding hydrogens is 390 g/mol. The van der Waals surface area contributed by atoms with Gasteiger partial charge in [-0.15, -0.1) is 0 Å². The van der Waals surface area contributed by atoms with Gasteiger partial charge in [-0.1, -0.05) is 24.3 Å². The van der Waals surface area contributed by atoms with Crippen LogP contribution in [0.4, 0.5) is 11.6 Å².